The largest absolute Gasteiger partial charge is 0.497 e. The van der Waals surface area contributed by atoms with Crippen LogP contribution in [0.2, 0.25) is 0 Å². The van der Waals surface area contributed by atoms with E-state index in [1.54, 1.807) is 24.8 Å². The van der Waals surface area contributed by atoms with Gasteiger partial charge in [-0.25, -0.2) is 0 Å². The van der Waals surface area contributed by atoms with Gasteiger partial charge in [0.1, 0.15) is 5.75 Å². The van der Waals surface area contributed by atoms with Gasteiger partial charge < -0.3 is 9.30 Å². The highest BCUT2D eigenvalue weighted by Crippen LogP contribution is 2.28. The summed E-state index contributed by atoms with van der Waals surface area (Å²) in [5.74, 6) is 0.807. The summed E-state index contributed by atoms with van der Waals surface area (Å²) >= 11 is 0. The molecule has 0 bridgehead atoms. The maximum absolute atomic E-state index is 12.1. The van der Waals surface area contributed by atoms with Crippen molar-refractivity contribution in [3.8, 4) is 16.9 Å². The van der Waals surface area contributed by atoms with Crippen molar-refractivity contribution < 1.29 is 4.74 Å². The van der Waals surface area contributed by atoms with Gasteiger partial charge in [-0.15, -0.1) is 0 Å². The molecule has 0 N–H and O–H groups in total. The number of aromatic nitrogens is 1. The van der Waals surface area contributed by atoms with Crippen LogP contribution in [0.4, 0.5) is 0 Å². The Morgan fingerprint density at radius 2 is 1.70 bits per heavy atom. The number of hydrogen-bond donors (Lipinski definition) is 0. The van der Waals surface area contributed by atoms with Crippen molar-refractivity contribution in [1.82, 2.24) is 4.57 Å². The number of fused-ring (bicyclic) bond motifs is 1. The molecule has 2 aromatic carbocycles. The first kappa shape index (κ1) is 12.5. The zero-order valence-electron chi connectivity index (χ0n) is 11.5. The second-order valence-electron chi connectivity index (χ2n) is 4.70. The summed E-state index contributed by atoms with van der Waals surface area (Å²) < 4.78 is 6.84. The highest BCUT2D eigenvalue weighted by atomic mass is 16.5. The molecular weight excluding hydrogens is 250 g/mol. The SMILES string of the molecule is COc1ccc(-c2cc(=O)n(C)c3ccccc23)cc1. The van der Waals surface area contributed by atoms with Gasteiger partial charge in [-0.2, -0.15) is 0 Å². The number of ether oxygens (including phenoxy) is 1. The molecule has 0 aliphatic carbocycles. The monoisotopic (exact) mass is 265 g/mol. The lowest BCUT2D eigenvalue weighted by atomic mass is 10.0. The Morgan fingerprint density at radius 1 is 1.00 bits per heavy atom. The highest BCUT2D eigenvalue weighted by molar-refractivity contribution is 5.94. The van der Waals surface area contributed by atoms with Crippen molar-refractivity contribution in [3.05, 3.63) is 65.0 Å². The predicted molar refractivity (Wildman–Crippen MR) is 81.2 cm³/mol. The Hall–Kier alpha value is -2.55. The zero-order valence-corrected chi connectivity index (χ0v) is 11.5. The molecule has 0 saturated carbocycles. The molecule has 0 amide bonds. The van der Waals surface area contributed by atoms with Crippen LogP contribution < -0.4 is 10.3 Å². The lowest BCUT2D eigenvalue weighted by Crippen LogP contribution is -2.16. The van der Waals surface area contributed by atoms with Crippen molar-refractivity contribution in [3.63, 3.8) is 0 Å². The molecule has 0 saturated heterocycles. The summed E-state index contributed by atoms with van der Waals surface area (Å²) in [5.41, 5.74) is 2.89. The van der Waals surface area contributed by atoms with Gasteiger partial charge >= 0.3 is 0 Å². The zero-order chi connectivity index (χ0) is 14.1. The van der Waals surface area contributed by atoms with Gasteiger partial charge in [0.05, 0.1) is 12.6 Å². The second kappa shape index (κ2) is 4.85. The van der Waals surface area contributed by atoms with Gasteiger partial charge in [-0.3, -0.25) is 4.79 Å². The lowest BCUT2D eigenvalue weighted by molar-refractivity contribution is 0.415. The van der Waals surface area contributed by atoms with Gasteiger partial charge in [-0.05, 0) is 29.3 Å². The van der Waals surface area contributed by atoms with E-state index in [1.165, 1.54) is 0 Å². The number of para-hydroxylation sites is 1. The van der Waals surface area contributed by atoms with Gasteiger partial charge in [0, 0.05) is 18.5 Å². The van der Waals surface area contributed by atoms with Crippen molar-refractivity contribution >= 4 is 10.9 Å². The number of rotatable bonds is 2. The third-order valence-corrected chi connectivity index (χ3v) is 3.55. The maximum Gasteiger partial charge on any atom is 0.251 e. The van der Waals surface area contributed by atoms with E-state index < -0.39 is 0 Å². The smallest absolute Gasteiger partial charge is 0.251 e. The van der Waals surface area contributed by atoms with Crippen molar-refractivity contribution in [2.24, 2.45) is 7.05 Å². The van der Waals surface area contributed by atoms with Crippen LogP contribution in [-0.4, -0.2) is 11.7 Å². The second-order valence-corrected chi connectivity index (χ2v) is 4.70. The number of aryl methyl sites for hydroxylation is 1. The highest BCUT2D eigenvalue weighted by Gasteiger charge is 2.08. The standard InChI is InChI=1S/C17H15NO2/c1-18-16-6-4-3-5-14(16)15(11-17(18)19)12-7-9-13(20-2)10-8-12/h3-11H,1-2H3. The van der Waals surface area contributed by atoms with Crippen LogP contribution in [0.5, 0.6) is 5.75 Å². The summed E-state index contributed by atoms with van der Waals surface area (Å²) in [6, 6.07) is 17.4. The number of hydrogen-bond acceptors (Lipinski definition) is 2. The Morgan fingerprint density at radius 3 is 2.40 bits per heavy atom. The lowest BCUT2D eigenvalue weighted by Gasteiger charge is -2.10. The fourth-order valence-corrected chi connectivity index (χ4v) is 2.42. The molecule has 0 fully saturated rings. The van der Waals surface area contributed by atoms with Gasteiger partial charge in [0.25, 0.3) is 5.56 Å². The Labute approximate surface area is 117 Å². The average Bonchev–Trinajstić information content (AvgIpc) is 2.51. The number of nitrogens with zero attached hydrogens (tertiary/aromatic N) is 1. The van der Waals surface area contributed by atoms with Crippen LogP contribution >= 0.6 is 0 Å². The third-order valence-electron chi connectivity index (χ3n) is 3.55. The topological polar surface area (TPSA) is 31.2 Å². The summed E-state index contributed by atoms with van der Waals surface area (Å²) in [5, 5.41) is 1.07. The van der Waals surface area contributed by atoms with Crippen LogP contribution in [0.15, 0.2) is 59.4 Å². The Balaban J connectivity index is 2.30. The van der Waals surface area contributed by atoms with E-state index in [4.69, 9.17) is 4.74 Å². The molecule has 3 nitrogen and oxygen atoms in total. The van der Waals surface area contributed by atoms with E-state index in [9.17, 15) is 4.79 Å². The molecule has 1 heterocycles. The molecule has 20 heavy (non-hydrogen) atoms. The van der Waals surface area contributed by atoms with Crippen LogP contribution in [0.25, 0.3) is 22.0 Å². The summed E-state index contributed by atoms with van der Waals surface area (Å²) in [6.45, 7) is 0. The van der Waals surface area contributed by atoms with Gasteiger partial charge in [-0.1, -0.05) is 30.3 Å². The minimum atomic E-state index is -0.00508. The molecule has 0 aliphatic rings. The molecule has 1 aromatic heterocycles. The van der Waals surface area contributed by atoms with Crippen molar-refractivity contribution in [1.29, 1.82) is 0 Å². The van der Waals surface area contributed by atoms with Crippen LogP contribution in [0.3, 0.4) is 0 Å². The van der Waals surface area contributed by atoms with Gasteiger partial charge in [0.2, 0.25) is 0 Å². The quantitative estimate of drug-likeness (QED) is 0.712. The van der Waals surface area contributed by atoms with Crippen molar-refractivity contribution in [2.45, 2.75) is 0 Å². The molecule has 3 heteroatoms. The summed E-state index contributed by atoms with van der Waals surface area (Å²) in [7, 11) is 3.44. The first-order valence-electron chi connectivity index (χ1n) is 6.44. The first-order chi connectivity index (χ1) is 9.70. The predicted octanol–water partition coefficient (Wildman–Crippen LogP) is 3.21. The molecule has 0 atom stereocenters. The molecule has 3 aromatic rings. The molecule has 0 radical (unpaired) electrons. The summed E-state index contributed by atoms with van der Waals surface area (Å²) in [4.78, 5) is 12.1. The van der Waals surface area contributed by atoms with E-state index in [0.717, 1.165) is 27.8 Å². The third kappa shape index (κ3) is 1.97. The first-order valence-corrected chi connectivity index (χ1v) is 6.44. The van der Waals surface area contributed by atoms with Crippen molar-refractivity contribution in [2.75, 3.05) is 7.11 Å². The average molecular weight is 265 g/mol. The van der Waals surface area contributed by atoms with Crippen LogP contribution in [0.1, 0.15) is 0 Å². The Kier molecular flexibility index (Phi) is 3.03. The number of pyridine rings is 1. The van der Waals surface area contributed by atoms with E-state index in [2.05, 4.69) is 0 Å². The molecule has 100 valence electrons. The maximum atomic E-state index is 12.1. The van der Waals surface area contributed by atoms with Crippen LogP contribution in [-0.2, 0) is 7.05 Å². The van der Waals surface area contributed by atoms with Gasteiger partial charge in [0.15, 0.2) is 0 Å². The molecule has 3 rings (SSSR count). The molecule has 0 unspecified atom stereocenters. The van der Waals surface area contributed by atoms with Crippen LogP contribution in [0, 0.1) is 0 Å². The van der Waals surface area contributed by atoms with E-state index in [-0.39, 0.29) is 5.56 Å². The molecule has 0 spiro atoms. The van der Waals surface area contributed by atoms with E-state index >= 15 is 0 Å². The minimum Gasteiger partial charge on any atom is -0.497 e. The molecular formula is C17H15NO2. The fraction of sp³-hybridized carbons (Fsp3) is 0.118. The number of benzene rings is 2. The fourth-order valence-electron chi connectivity index (χ4n) is 2.42. The summed E-state index contributed by atoms with van der Waals surface area (Å²) in [6.07, 6.45) is 0. The van der Waals surface area contributed by atoms with E-state index in [0.29, 0.717) is 0 Å². The Bertz CT molecular complexity index is 817. The number of methoxy groups -OCH3 is 1. The molecule has 0 aliphatic heterocycles. The minimum absolute atomic E-state index is 0.00508. The van der Waals surface area contributed by atoms with E-state index in [1.807, 2.05) is 48.5 Å². The normalized spacial score (nSPS) is 10.7.